The minimum Gasteiger partial charge on any atom is -0.506 e. The highest BCUT2D eigenvalue weighted by Gasteiger charge is 2.11. The van der Waals surface area contributed by atoms with E-state index >= 15 is 0 Å². The number of phenols is 1. The van der Waals surface area contributed by atoms with Crippen LogP contribution in [0.3, 0.4) is 0 Å². The van der Waals surface area contributed by atoms with Gasteiger partial charge in [-0.15, -0.1) is 11.6 Å². The van der Waals surface area contributed by atoms with E-state index in [1.807, 2.05) is 0 Å². The maximum atomic E-state index is 11.1. The number of alkyl halides is 1. The zero-order valence-electron chi connectivity index (χ0n) is 6.55. The van der Waals surface area contributed by atoms with Gasteiger partial charge in [-0.25, -0.2) is 0 Å². The largest absolute Gasteiger partial charge is 0.506 e. The van der Waals surface area contributed by atoms with Gasteiger partial charge < -0.3 is 10.8 Å². The van der Waals surface area contributed by atoms with Gasteiger partial charge in [-0.05, 0) is 6.07 Å². The molecule has 1 rings (SSSR count). The Hall–Kier alpha value is -0.930. The molecule has 0 heterocycles. The van der Waals surface area contributed by atoms with Gasteiger partial charge in [0, 0.05) is 11.6 Å². The second-order valence-corrected chi connectivity index (χ2v) is 3.12. The van der Waals surface area contributed by atoms with Crippen molar-refractivity contribution in [2.45, 2.75) is 0 Å². The lowest BCUT2D eigenvalue weighted by Gasteiger charge is -2.04. The maximum absolute atomic E-state index is 11.1. The summed E-state index contributed by atoms with van der Waals surface area (Å²) in [5.74, 6) is -0.626. The fourth-order valence-electron chi connectivity index (χ4n) is 0.865. The average molecular weight is 220 g/mol. The molecular formula is C8H7Cl2NO2. The number of carbonyl (C=O) groups is 1. The van der Waals surface area contributed by atoms with E-state index in [4.69, 9.17) is 34.0 Å². The van der Waals surface area contributed by atoms with Gasteiger partial charge in [0.15, 0.2) is 5.78 Å². The smallest absolute Gasteiger partial charge is 0.179 e. The number of anilines is 1. The molecule has 0 amide bonds. The van der Waals surface area contributed by atoms with Crippen molar-refractivity contribution in [3.05, 3.63) is 22.7 Å². The lowest BCUT2D eigenvalue weighted by Crippen LogP contribution is -2.02. The molecule has 3 nitrogen and oxygen atoms in total. The van der Waals surface area contributed by atoms with Gasteiger partial charge in [0.1, 0.15) is 5.75 Å². The maximum Gasteiger partial charge on any atom is 0.179 e. The summed E-state index contributed by atoms with van der Waals surface area (Å²) in [7, 11) is 0. The molecule has 0 radical (unpaired) electrons. The fourth-order valence-corrected chi connectivity index (χ4v) is 1.27. The molecule has 5 heteroatoms. The van der Waals surface area contributed by atoms with Crippen LogP contribution in [0, 0.1) is 0 Å². The van der Waals surface area contributed by atoms with Gasteiger partial charge in [0.25, 0.3) is 0 Å². The summed E-state index contributed by atoms with van der Waals surface area (Å²) in [5.41, 5.74) is 5.72. The zero-order valence-corrected chi connectivity index (χ0v) is 8.06. The number of rotatable bonds is 2. The molecule has 0 atom stereocenters. The molecule has 0 saturated carbocycles. The number of hydrogen-bond donors (Lipinski definition) is 2. The quantitative estimate of drug-likeness (QED) is 0.347. The molecule has 0 spiro atoms. The van der Waals surface area contributed by atoms with Crippen LogP contribution >= 0.6 is 23.2 Å². The van der Waals surface area contributed by atoms with E-state index < -0.39 is 0 Å². The number of benzene rings is 1. The summed E-state index contributed by atoms with van der Waals surface area (Å²) in [6.07, 6.45) is 0. The predicted molar refractivity (Wildman–Crippen MR) is 52.6 cm³/mol. The SMILES string of the molecule is Nc1cc(C(=O)CCl)c(Cl)cc1O. The van der Waals surface area contributed by atoms with Crippen molar-refractivity contribution in [1.82, 2.24) is 0 Å². The van der Waals surface area contributed by atoms with E-state index in [-0.39, 0.29) is 33.7 Å². The van der Waals surface area contributed by atoms with Crippen LogP contribution in [0.4, 0.5) is 5.69 Å². The highest BCUT2D eigenvalue weighted by atomic mass is 35.5. The third-order valence-electron chi connectivity index (χ3n) is 1.54. The number of nitrogen functional groups attached to an aromatic ring is 1. The third kappa shape index (κ3) is 2.05. The molecule has 0 aliphatic rings. The number of aromatic hydroxyl groups is 1. The number of Topliss-reactive ketones (excluding diaryl/α,β-unsaturated/α-hetero) is 1. The van der Waals surface area contributed by atoms with Crippen molar-refractivity contribution in [3.63, 3.8) is 0 Å². The Kier molecular flexibility index (Phi) is 3.01. The highest BCUT2D eigenvalue weighted by Crippen LogP contribution is 2.28. The van der Waals surface area contributed by atoms with Crippen LogP contribution in [0.15, 0.2) is 12.1 Å². The number of hydrogen-bond acceptors (Lipinski definition) is 3. The molecule has 1 aromatic rings. The van der Waals surface area contributed by atoms with E-state index in [0.29, 0.717) is 0 Å². The van der Waals surface area contributed by atoms with Crippen molar-refractivity contribution in [1.29, 1.82) is 0 Å². The number of nitrogens with two attached hydrogens (primary N) is 1. The van der Waals surface area contributed by atoms with Crippen LogP contribution < -0.4 is 5.73 Å². The highest BCUT2D eigenvalue weighted by molar-refractivity contribution is 6.37. The third-order valence-corrected chi connectivity index (χ3v) is 2.09. The van der Waals surface area contributed by atoms with Crippen LogP contribution in [0.25, 0.3) is 0 Å². The summed E-state index contributed by atoms with van der Waals surface area (Å²) in [4.78, 5) is 11.1. The Labute approximate surface area is 85.1 Å². The molecule has 0 aromatic heterocycles. The molecule has 13 heavy (non-hydrogen) atoms. The van der Waals surface area contributed by atoms with Crippen LogP contribution in [0.5, 0.6) is 5.75 Å². The average Bonchev–Trinajstić information content (AvgIpc) is 2.10. The number of ketones is 1. The molecule has 1 aromatic carbocycles. The lowest BCUT2D eigenvalue weighted by atomic mass is 10.1. The summed E-state index contributed by atoms with van der Waals surface area (Å²) in [6.45, 7) is 0. The zero-order chi connectivity index (χ0) is 10.0. The minimum atomic E-state index is -0.321. The number of carbonyl (C=O) groups excluding carboxylic acids is 1. The first kappa shape index (κ1) is 10.2. The molecule has 0 fully saturated rings. The molecule has 3 N–H and O–H groups in total. The first-order valence-corrected chi connectivity index (χ1v) is 4.34. The molecule has 0 bridgehead atoms. The number of phenolic OH excluding ortho intramolecular Hbond substituents is 1. The van der Waals surface area contributed by atoms with E-state index in [1.54, 1.807) is 0 Å². The van der Waals surface area contributed by atoms with Gasteiger partial charge in [-0.3, -0.25) is 4.79 Å². The van der Waals surface area contributed by atoms with E-state index in [9.17, 15) is 4.79 Å². The molecule has 0 saturated heterocycles. The Morgan fingerprint density at radius 2 is 2.15 bits per heavy atom. The van der Waals surface area contributed by atoms with Crippen LogP contribution in [0.1, 0.15) is 10.4 Å². The van der Waals surface area contributed by atoms with E-state index in [2.05, 4.69) is 0 Å². The van der Waals surface area contributed by atoms with Gasteiger partial charge in [-0.2, -0.15) is 0 Å². The molecule has 0 aliphatic carbocycles. The molecule has 0 unspecified atom stereocenters. The minimum absolute atomic E-state index is 0.109. The second kappa shape index (κ2) is 3.85. The molecule has 0 aliphatic heterocycles. The van der Waals surface area contributed by atoms with Crippen LogP contribution in [-0.4, -0.2) is 16.8 Å². The van der Waals surface area contributed by atoms with Crippen molar-refractivity contribution in [2.75, 3.05) is 11.6 Å². The topological polar surface area (TPSA) is 63.3 Å². The fraction of sp³-hybridized carbons (Fsp3) is 0.125. The Bertz CT molecular complexity index is 352. The van der Waals surface area contributed by atoms with Crippen molar-refractivity contribution >= 4 is 34.7 Å². The second-order valence-electron chi connectivity index (χ2n) is 2.45. The standard InChI is InChI=1S/C8H7Cl2NO2/c9-3-8(13)4-1-6(11)7(12)2-5(4)10/h1-2,12H,3,11H2. The summed E-state index contributed by atoms with van der Waals surface area (Å²) in [6, 6.07) is 2.53. The first-order chi connectivity index (χ1) is 6.06. The van der Waals surface area contributed by atoms with Gasteiger partial charge in [0.05, 0.1) is 16.6 Å². The summed E-state index contributed by atoms with van der Waals surface area (Å²) < 4.78 is 0. The lowest BCUT2D eigenvalue weighted by molar-refractivity contribution is 0.102. The van der Waals surface area contributed by atoms with Gasteiger partial charge >= 0.3 is 0 Å². The van der Waals surface area contributed by atoms with Crippen molar-refractivity contribution in [2.24, 2.45) is 0 Å². The Balaban J connectivity index is 3.23. The summed E-state index contributed by atoms with van der Waals surface area (Å²) >= 11 is 11.0. The normalized spacial score (nSPS) is 10.0. The van der Waals surface area contributed by atoms with Crippen molar-refractivity contribution < 1.29 is 9.90 Å². The molecular weight excluding hydrogens is 213 g/mol. The van der Waals surface area contributed by atoms with Crippen LogP contribution in [0.2, 0.25) is 5.02 Å². The van der Waals surface area contributed by atoms with E-state index in [1.165, 1.54) is 12.1 Å². The van der Waals surface area contributed by atoms with Gasteiger partial charge in [-0.1, -0.05) is 11.6 Å². The van der Waals surface area contributed by atoms with Crippen LogP contribution in [-0.2, 0) is 0 Å². The summed E-state index contributed by atoms with van der Waals surface area (Å²) in [5, 5.41) is 9.28. The molecule has 70 valence electrons. The first-order valence-electron chi connectivity index (χ1n) is 3.43. The monoisotopic (exact) mass is 219 g/mol. The predicted octanol–water partition coefficient (Wildman–Crippen LogP) is 2.05. The number of halogens is 2. The Morgan fingerprint density at radius 3 is 2.69 bits per heavy atom. The van der Waals surface area contributed by atoms with E-state index in [0.717, 1.165) is 0 Å². The Morgan fingerprint density at radius 1 is 1.54 bits per heavy atom. The van der Waals surface area contributed by atoms with Gasteiger partial charge in [0.2, 0.25) is 0 Å². The van der Waals surface area contributed by atoms with Crippen molar-refractivity contribution in [3.8, 4) is 5.75 Å².